The summed E-state index contributed by atoms with van der Waals surface area (Å²) in [6.45, 7) is 5.59. The number of nitrogens with zero attached hydrogens (tertiary/aromatic N) is 3. The fourth-order valence-electron chi connectivity index (χ4n) is 5.47. The van der Waals surface area contributed by atoms with Crippen molar-refractivity contribution in [2.75, 3.05) is 19.6 Å². The van der Waals surface area contributed by atoms with Crippen LogP contribution in [-0.4, -0.2) is 46.4 Å². The summed E-state index contributed by atoms with van der Waals surface area (Å²) in [6, 6.07) is 19.3. The Hall–Kier alpha value is -3.05. The molecule has 0 spiro atoms. The summed E-state index contributed by atoms with van der Waals surface area (Å²) in [5.74, 6) is 0.335. The number of hydrogen-bond acceptors (Lipinski definition) is 3. The van der Waals surface area contributed by atoms with Crippen molar-refractivity contribution >= 4 is 5.91 Å². The molecule has 32 heavy (non-hydrogen) atoms. The summed E-state index contributed by atoms with van der Waals surface area (Å²) in [5.41, 5.74) is 4.34. The van der Waals surface area contributed by atoms with Gasteiger partial charge in [0.05, 0.1) is 5.56 Å². The van der Waals surface area contributed by atoms with Gasteiger partial charge in [0.25, 0.3) is 5.91 Å². The molecular weight excluding hydrogens is 401 g/mol. The van der Waals surface area contributed by atoms with Crippen molar-refractivity contribution in [2.24, 2.45) is 5.92 Å². The van der Waals surface area contributed by atoms with Gasteiger partial charge in [-0.3, -0.25) is 14.7 Å². The lowest BCUT2D eigenvalue weighted by Crippen LogP contribution is -2.47. The Labute approximate surface area is 188 Å². The molecule has 5 heteroatoms. The highest BCUT2D eigenvalue weighted by Gasteiger charge is 2.47. The SMILES string of the molecule is Cc1cccc(CN2CC[C@@H]3[C@H](C2)[C@@H](c2ccc(F)cc2)CN3C(=O)c2cccnc2)c1. The molecule has 2 aliphatic rings. The van der Waals surface area contributed by atoms with Gasteiger partial charge in [0, 0.05) is 56.5 Å². The second kappa shape index (κ2) is 8.83. The van der Waals surface area contributed by atoms with Crippen LogP contribution in [0.2, 0.25) is 0 Å². The number of aromatic nitrogens is 1. The van der Waals surface area contributed by atoms with Gasteiger partial charge in [0.15, 0.2) is 0 Å². The first-order chi connectivity index (χ1) is 15.6. The number of likely N-dealkylation sites (tertiary alicyclic amines) is 2. The Morgan fingerprint density at radius 1 is 1.09 bits per heavy atom. The lowest BCUT2D eigenvalue weighted by atomic mass is 9.81. The topological polar surface area (TPSA) is 36.4 Å². The van der Waals surface area contributed by atoms with E-state index >= 15 is 0 Å². The minimum Gasteiger partial charge on any atom is -0.335 e. The van der Waals surface area contributed by atoms with Crippen LogP contribution >= 0.6 is 0 Å². The molecule has 2 aliphatic heterocycles. The molecule has 0 radical (unpaired) electrons. The summed E-state index contributed by atoms with van der Waals surface area (Å²) in [5, 5.41) is 0. The van der Waals surface area contributed by atoms with Gasteiger partial charge in [-0.1, -0.05) is 42.0 Å². The Balaban J connectivity index is 1.41. The third kappa shape index (κ3) is 4.17. The van der Waals surface area contributed by atoms with Crippen LogP contribution in [-0.2, 0) is 6.54 Å². The zero-order valence-corrected chi connectivity index (χ0v) is 18.3. The maximum Gasteiger partial charge on any atom is 0.255 e. The third-order valence-corrected chi connectivity index (χ3v) is 6.97. The quantitative estimate of drug-likeness (QED) is 0.605. The van der Waals surface area contributed by atoms with E-state index in [2.05, 4.69) is 41.1 Å². The summed E-state index contributed by atoms with van der Waals surface area (Å²) in [6.07, 6.45) is 4.28. The number of amides is 1. The first-order valence-electron chi connectivity index (χ1n) is 11.3. The Bertz CT molecular complexity index is 1090. The van der Waals surface area contributed by atoms with Crippen molar-refractivity contribution in [3.8, 4) is 0 Å². The van der Waals surface area contributed by atoms with Crippen LogP contribution in [0, 0.1) is 18.7 Å². The predicted octanol–water partition coefficient (Wildman–Crippen LogP) is 4.66. The van der Waals surface area contributed by atoms with Gasteiger partial charge in [-0.05, 0) is 48.7 Å². The minimum atomic E-state index is -0.226. The van der Waals surface area contributed by atoms with E-state index in [0.717, 1.165) is 31.6 Å². The summed E-state index contributed by atoms with van der Waals surface area (Å²) in [4.78, 5) is 22.0. The molecule has 4 nitrogen and oxygen atoms in total. The number of pyridine rings is 1. The van der Waals surface area contributed by atoms with Crippen LogP contribution in [0.3, 0.4) is 0 Å². The molecule has 2 fully saturated rings. The number of aryl methyl sites for hydroxylation is 1. The maximum absolute atomic E-state index is 13.6. The van der Waals surface area contributed by atoms with Crippen LogP contribution in [0.4, 0.5) is 4.39 Å². The smallest absolute Gasteiger partial charge is 0.255 e. The lowest BCUT2D eigenvalue weighted by Gasteiger charge is -2.39. The number of fused-ring (bicyclic) bond motifs is 1. The van der Waals surface area contributed by atoms with Gasteiger partial charge in [0.2, 0.25) is 0 Å². The molecule has 0 aliphatic carbocycles. The van der Waals surface area contributed by atoms with Gasteiger partial charge >= 0.3 is 0 Å². The van der Waals surface area contributed by atoms with E-state index in [4.69, 9.17) is 0 Å². The number of halogens is 1. The normalized spacial score (nSPS) is 23.2. The van der Waals surface area contributed by atoms with Crippen molar-refractivity contribution in [1.29, 1.82) is 0 Å². The molecule has 5 rings (SSSR count). The summed E-state index contributed by atoms with van der Waals surface area (Å²) >= 11 is 0. The van der Waals surface area contributed by atoms with E-state index in [1.807, 2.05) is 29.2 Å². The standard InChI is InChI=1S/C27H28FN3O/c1-19-4-2-5-20(14-19)16-30-13-11-26-25(17-30)24(21-7-9-23(28)10-8-21)18-31(26)27(32)22-6-3-12-29-15-22/h2-10,12,14-15,24-26H,11,13,16-18H2,1H3/t24-,25-,26-/m1/s1. The van der Waals surface area contributed by atoms with Crippen molar-refractivity contribution < 1.29 is 9.18 Å². The molecule has 3 heterocycles. The van der Waals surface area contributed by atoms with Crippen LogP contribution in [0.1, 0.15) is 39.4 Å². The van der Waals surface area contributed by atoms with E-state index in [1.54, 1.807) is 12.4 Å². The number of piperidine rings is 1. The number of carbonyl (C=O) groups excluding carboxylic acids is 1. The number of hydrogen-bond donors (Lipinski definition) is 0. The van der Waals surface area contributed by atoms with Crippen LogP contribution < -0.4 is 0 Å². The van der Waals surface area contributed by atoms with Crippen molar-refractivity contribution in [2.45, 2.75) is 31.8 Å². The summed E-state index contributed by atoms with van der Waals surface area (Å²) < 4.78 is 13.6. The first kappa shape index (κ1) is 20.8. The van der Waals surface area contributed by atoms with Crippen LogP contribution in [0.5, 0.6) is 0 Å². The van der Waals surface area contributed by atoms with Gasteiger partial charge in [-0.25, -0.2) is 4.39 Å². The molecule has 3 atom stereocenters. The van der Waals surface area contributed by atoms with Crippen molar-refractivity contribution in [3.05, 3.63) is 101 Å². The Kier molecular flexibility index (Phi) is 5.75. The van der Waals surface area contributed by atoms with Gasteiger partial charge < -0.3 is 4.90 Å². The van der Waals surface area contributed by atoms with E-state index < -0.39 is 0 Å². The molecule has 0 saturated carbocycles. The molecule has 2 aromatic carbocycles. The maximum atomic E-state index is 13.6. The van der Waals surface area contributed by atoms with E-state index in [9.17, 15) is 9.18 Å². The summed E-state index contributed by atoms with van der Waals surface area (Å²) in [7, 11) is 0. The molecule has 164 valence electrons. The van der Waals surface area contributed by atoms with Gasteiger partial charge in [-0.2, -0.15) is 0 Å². The molecule has 0 bridgehead atoms. The fourth-order valence-corrected chi connectivity index (χ4v) is 5.47. The minimum absolute atomic E-state index is 0.0462. The zero-order chi connectivity index (χ0) is 22.1. The number of carbonyl (C=O) groups is 1. The van der Waals surface area contributed by atoms with Crippen LogP contribution in [0.15, 0.2) is 73.1 Å². The Morgan fingerprint density at radius 2 is 1.94 bits per heavy atom. The van der Waals surface area contributed by atoms with E-state index in [-0.39, 0.29) is 23.7 Å². The second-order valence-corrected chi connectivity index (χ2v) is 9.10. The third-order valence-electron chi connectivity index (χ3n) is 6.97. The van der Waals surface area contributed by atoms with E-state index in [1.165, 1.54) is 23.3 Å². The molecule has 2 saturated heterocycles. The fraction of sp³-hybridized carbons (Fsp3) is 0.333. The highest BCUT2D eigenvalue weighted by molar-refractivity contribution is 5.94. The Morgan fingerprint density at radius 3 is 2.69 bits per heavy atom. The molecule has 1 amide bonds. The number of rotatable bonds is 4. The highest BCUT2D eigenvalue weighted by Crippen LogP contribution is 2.42. The first-order valence-corrected chi connectivity index (χ1v) is 11.3. The van der Waals surface area contributed by atoms with Gasteiger partial charge in [-0.15, -0.1) is 0 Å². The largest absolute Gasteiger partial charge is 0.335 e. The average molecular weight is 430 g/mol. The average Bonchev–Trinajstić information content (AvgIpc) is 3.18. The lowest BCUT2D eigenvalue weighted by molar-refractivity contribution is 0.0613. The zero-order valence-electron chi connectivity index (χ0n) is 18.3. The molecule has 1 aromatic heterocycles. The monoisotopic (exact) mass is 429 g/mol. The molecule has 0 N–H and O–H groups in total. The number of benzene rings is 2. The molecule has 0 unspecified atom stereocenters. The highest BCUT2D eigenvalue weighted by atomic mass is 19.1. The van der Waals surface area contributed by atoms with Crippen LogP contribution in [0.25, 0.3) is 0 Å². The van der Waals surface area contributed by atoms with Crippen molar-refractivity contribution in [1.82, 2.24) is 14.8 Å². The second-order valence-electron chi connectivity index (χ2n) is 9.10. The molecule has 3 aromatic rings. The van der Waals surface area contributed by atoms with Crippen molar-refractivity contribution in [3.63, 3.8) is 0 Å². The predicted molar refractivity (Wildman–Crippen MR) is 123 cm³/mol. The molecular formula is C27H28FN3O. The van der Waals surface area contributed by atoms with E-state index in [0.29, 0.717) is 18.0 Å². The van der Waals surface area contributed by atoms with Gasteiger partial charge in [0.1, 0.15) is 5.82 Å².